The third-order valence-corrected chi connectivity index (χ3v) is 2.88. The summed E-state index contributed by atoms with van der Waals surface area (Å²) in [5, 5.41) is 0.612. The van der Waals surface area contributed by atoms with Gasteiger partial charge >= 0.3 is 0 Å². The summed E-state index contributed by atoms with van der Waals surface area (Å²) in [4.78, 5) is 12.8. The van der Waals surface area contributed by atoms with Gasteiger partial charge in [-0.3, -0.25) is 0 Å². The van der Waals surface area contributed by atoms with Crippen molar-refractivity contribution < 1.29 is 4.74 Å². The molecule has 0 aliphatic heterocycles. The van der Waals surface area contributed by atoms with Gasteiger partial charge in [-0.1, -0.05) is 11.6 Å². The van der Waals surface area contributed by atoms with Gasteiger partial charge in [0.1, 0.15) is 17.4 Å². The lowest BCUT2D eigenvalue weighted by atomic mass is 10.1. The molecule has 2 aromatic rings. The lowest BCUT2D eigenvalue weighted by Crippen LogP contribution is -2.08. The predicted octanol–water partition coefficient (Wildman–Crippen LogP) is 2.28. The lowest BCUT2D eigenvalue weighted by Gasteiger charge is -2.12. The molecule has 0 radical (unpaired) electrons. The molecule has 0 aliphatic carbocycles. The number of benzene rings is 1. The van der Waals surface area contributed by atoms with Crippen molar-refractivity contribution in [2.75, 3.05) is 7.11 Å². The second-order valence-corrected chi connectivity index (χ2v) is 4.57. The average molecular weight is 279 g/mol. The molecule has 2 N–H and O–H groups in total. The highest BCUT2D eigenvalue weighted by atomic mass is 35.5. The van der Waals surface area contributed by atoms with Crippen molar-refractivity contribution in [1.29, 1.82) is 0 Å². The summed E-state index contributed by atoms with van der Waals surface area (Å²) >= 11 is 6.09. The molecule has 2 rings (SSSR count). The standard InChI is InChI=1S/C13H15ClN4O/c1-7-4-9(14)5-10(12(7)19-3)13-17-8(2)16-11(6-15)18-13/h4-5H,6,15H2,1-3H3. The van der Waals surface area contributed by atoms with Gasteiger partial charge in [0.2, 0.25) is 0 Å². The molecular formula is C13H15ClN4O. The number of nitrogens with two attached hydrogens (primary N) is 1. The largest absolute Gasteiger partial charge is 0.496 e. The van der Waals surface area contributed by atoms with Crippen LogP contribution in [0, 0.1) is 13.8 Å². The maximum Gasteiger partial charge on any atom is 0.167 e. The normalized spacial score (nSPS) is 10.6. The lowest BCUT2D eigenvalue weighted by molar-refractivity contribution is 0.413. The zero-order valence-corrected chi connectivity index (χ0v) is 11.8. The van der Waals surface area contributed by atoms with Crippen LogP contribution < -0.4 is 10.5 Å². The molecule has 0 aliphatic rings. The molecule has 5 nitrogen and oxygen atoms in total. The van der Waals surface area contributed by atoms with Gasteiger partial charge in [0.25, 0.3) is 0 Å². The van der Waals surface area contributed by atoms with Crippen LogP contribution in [0.3, 0.4) is 0 Å². The van der Waals surface area contributed by atoms with Gasteiger partial charge in [0.05, 0.1) is 19.2 Å². The Balaban J connectivity index is 2.67. The van der Waals surface area contributed by atoms with Crippen molar-refractivity contribution in [1.82, 2.24) is 15.0 Å². The fourth-order valence-corrected chi connectivity index (χ4v) is 2.19. The van der Waals surface area contributed by atoms with E-state index in [4.69, 9.17) is 22.1 Å². The van der Waals surface area contributed by atoms with Gasteiger partial charge in [0.15, 0.2) is 5.82 Å². The Morgan fingerprint density at radius 1 is 1.21 bits per heavy atom. The Hall–Kier alpha value is -1.72. The highest BCUT2D eigenvalue weighted by Crippen LogP contribution is 2.33. The molecule has 0 bridgehead atoms. The van der Waals surface area contributed by atoms with E-state index in [9.17, 15) is 0 Å². The first kappa shape index (κ1) is 13.7. The van der Waals surface area contributed by atoms with Gasteiger partial charge < -0.3 is 10.5 Å². The van der Waals surface area contributed by atoms with Crippen molar-refractivity contribution in [2.24, 2.45) is 5.73 Å². The monoisotopic (exact) mass is 278 g/mol. The van der Waals surface area contributed by atoms with Crippen molar-refractivity contribution in [3.05, 3.63) is 34.4 Å². The Morgan fingerprint density at radius 3 is 2.58 bits per heavy atom. The molecule has 0 fully saturated rings. The molecule has 0 spiro atoms. The topological polar surface area (TPSA) is 73.9 Å². The Kier molecular flexibility index (Phi) is 3.97. The zero-order valence-electron chi connectivity index (χ0n) is 11.1. The summed E-state index contributed by atoms with van der Waals surface area (Å²) in [5.74, 6) is 2.39. The van der Waals surface area contributed by atoms with Crippen molar-refractivity contribution >= 4 is 11.6 Å². The van der Waals surface area contributed by atoms with Crippen LogP contribution >= 0.6 is 11.6 Å². The van der Waals surface area contributed by atoms with Crippen LogP contribution in [0.15, 0.2) is 12.1 Å². The molecule has 1 heterocycles. The molecule has 0 saturated heterocycles. The third kappa shape index (κ3) is 2.83. The van der Waals surface area contributed by atoms with Gasteiger partial charge in [-0.2, -0.15) is 0 Å². The minimum absolute atomic E-state index is 0.262. The van der Waals surface area contributed by atoms with E-state index in [1.165, 1.54) is 0 Å². The second kappa shape index (κ2) is 5.50. The second-order valence-electron chi connectivity index (χ2n) is 4.13. The summed E-state index contributed by atoms with van der Waals surface area (Å²) < 4.78 is 5.41. The van der Waals surface area contributed by atoms with Crippen LogP contribution in [0.2, 0.25) is 5.02 Å². The van der Waals surface area contributed by atoms with Crippen LogP contribution in [0.5, 0.6) is 5.75 Å². The van der Waals surface area contributed by atoms with Crippen LogP contribution in [0.4, 0.5) is 0 Å². The molecule has 0 unspecified atom stereocenters. The molecule has 6 heteroatoms. The maximum absolute atomic E-state index is 6.09. The molecule has 1 aromatic carbocycles. The van der Waals surface area contributed by atoms with Gasteiger partial charge in [-0.05, 0) is 31.5 Å². The minimum atomic E-state index is 0.262. The number of ether oxygens (including phenoxy) is 1. The van der Waals surface area contributed by atoms with E-state index < -0.39 is 0 Å². The highest BCUT2D eigenvalue weighted by Gasteiger charge is 2.14. The highest BCUT2D eigenvalue weighted by molar-refractivity contribution is 6.31. The molecule has 0 amide bonds. The Labute approximate surface area is 116 Å². The first-order valence-corrected chi connectivity index (χ1v) is 6.19. The number of rotatable bonds is 3. The maximum atomic E-state index is 6.09. The third-order valence-electron chi connectivity index (χ3n) is 2.66. The first-order valence-electron chi connectivity index (χ1n) is 5.81. The minimum Gasteiger partial charge on any atom is -0.496 e. The van der Waals surface area contributed by atoms with E-state index >= 15 is 0 Å². The van der Waals surface area contributed by atoms with Gasteiger partial charge in [-0.15, -0.1) is 0 Å². The molecule has 0 atom stereocenters. The molecule has 100 valence electrons. The van der Waals surface area contributed by atoms with Gasteiger partial charge in [0, 0.05) is 5.02 Å². The van der Waals surface area contributed by atoms with Gasteiger partial charge in [-0.25, -0.2) is 15.0 Å². The fraction of sp³-hybridized carbons (Fsp3) is 0.308. The quantitative estimate of drug-likeness (QED) is 0.932. The zero-order chi connectivity index (χ0) is 14.0. The number of aromatic nitrogens is 3. The first-order chi connectivity index (χ1) is 9.05. The number of nitrogens with zero attached hydrogens (tertiary/aromatic N) is 3. The molecule has 19 heavy (non-hydrogen) atoms. The van der Waals surface area contributed by atoms with Crippen molar-refractivity contribution in [3.8, 4) is 17.1 Å². The van der Waals surface area contributed by atoms with E-state index in [-0.39, 0.29) is 6.54 Å². The van der Waals surface area contributed by atoms with E-state index in [1.54, 1.807) is 20.1 Å². The number of hydrogen-bond acceptors (Lipinski definition) is 5. The number of halogens is 1. The fourth-order valence-electron chi connectivity index (χ4n) is 1.92. The van der Waals surface area contributed by atoms with Crippen LogP contribution in [0.25, 0.3) is 11.4 Å². The van der Waals surface area contributed by atoms with Crippen molar-refractivity contribution in [3.63, 3.8) is 0 Å². The van der Waals surface area contributed by atoms with E-state index in [2.05, 4.69) is 15.0 Å². The molecule has 1 aromatic heterocycles. The average Bonchev–Trinajstić information content (AvgIpc) is 2.37. The summed E-state index contributed by atoms with van der Waals surface area (Å²) in [6, 6.07) is 3.62. The smallest absolute Gasteiger partial charge is 0.167 e. The number of hydrogen-bond donors (Lipinski definition) is 1. The Bertz CT molecular complexity index is 616. The SMILES string of the molecule is COc1c(C)cc(Cl)cc1-c1nc(C)nc(CN)n1. The predicted molar refractivity (Wildman–Crippen MR) is 74.2 cm³/mol. The van der Waals surface area contributed by atoms with E-state index in [0.29, 0.717) is 28.2 Å². The summed E-state index contributed by atoms with van der Waals surface area (Å²) in [6.45, 7) is 3.98. The molecule has 0 saturated carbocycles. The van der Waals surface area contributed by atoms with Crippen molar-refractivity contribution in [2.45, 2.75) is 20.4 Å². The van der Waals surface area contributed by atoms with E-state index in [1.807, 2.05) is 13.0 Å². The summed E-state index contributed by atoms with van der Waals surface area (Å²) in [7, 11) is 1.61. The summed E-state index contributed by atoms with van der Waals surface area (Å²) in [5.41, 5.74) is 7.26. The van der Waals surface area contributed by atoms with Crippen LogP contribution in [0.1, 0.15) is 17.2 Å². The summed E-state index contributed by atoms with van der Waals surface area (Å²) in [6.07, 6.45) is 0. The number of methoxy groups -OCH3 is 1. The number of aryl methyl sites for hydroxylation is 2. The van der Waals surface area contributed by atoms with E-state index in [0.717, 1.165) is 11.1 Å². The van der Waals surface area contributed by atoms with Crippen LogP contribution in [-0.2, 0) is 6.54 Å². The Morgan fingerprint density at radius 2 is 1.95 bits per heavy atom. The van der Waals surface area contributed by atoms with Crippen LogP contribution in [-0.4, -0.2) is 22.1 Å². The molecular weight excluding hydrogens is 264 g/mol.